The van der Waals surface area contributed by atoms with Gasteiger partial charge in [-0.25, -0.2) is 4.90 Å². The molecule has 0 radical (unpaired) electrons. The van der Waals surface area contributed by atoms with Gasteiger partial charge in [0.05, 0.1) is 12.8 Å². The first-order valence-corrected chi connectivity index (χ1v) is 11.1. The van der Waals surface area contributed by atoms with Gasteiger partial charge in [-0.2, -0.15) is 13.2 Å². The number of methoxy groups -OCH3 is 1. The van der Waals surface area contributed by atoms with Crippen LogP contribution in [0.3, 0.4) is 0 Å². The summed E-state index contributed by atoms with van der Waals surface area (Å²) >= 11 is 0. The highest BCUT2D eigenvalue weighted by Gasteiger charge is 2.40. The van der Waals surface area contributed by atoms with Gasteiger partial charge in [-0.1, -0.05) is 6.07 Å². The highest BCUT2D eigenvalue weighted by molar-refractivity contribution is 5.88. The number of fused-ring (bicyclic) bond motifs is 5. The van der Waals surface area contributed by atoms with Gasteiger partial charge in [-0.15, -0.1) is 0 Å². The summed E-state index contributed by atoms with van der Waals surface area (Å²) in [4.78, 5) is 4.95. The predicted octanol–water partition coefficient (Wildman–Crippen LogP) is 3.94. The molecule has 9 heteroatoms. The molecule has 4 aliphatic rings. The van der Waals surface area contributed by atoms with Gasteiger partial charge in [0.15, 0.2) is 11.5 Å². The van der Waals surface area contributed by atoms with Crippen molar-refractivity contribution >= 4 is 17.5 Å². The number of halogens is 3. The maximum absolute atomic E-state index is 13.1. The Balaban J connectivity index is 1.38. The topological polar surface area (TPSA) is 37.4 Å². The Morgan fingerprint density at radius 3 is 2.42 bits per heavy atom. The summed E-state index contributed by atoms with van der Waals surface area (Å²) in [6.07, 6.45) is -1.23. The Hall–Kier alpha value is -3.07. The van der Waals surface area contributed by atoms with Crippen LogP contribution in [0.1, 0.15) is 22.3 Å². The fourth-order valence-corrected chi connectivity index (χ4v) is 5.27. The van der Waals surface area contributed by atoms with Crippen molar-refractivity contribution in [3.63, 3.8) is 0 Å². The number of hydrogen-bond donors (Lipinski definition) is 0. The van der Waals surface area contributed by atoms with Crippen molar-refractivity contribution in [3.8, 4) is 17.2 Å². The van der Waals surface area contributed by atoms with Crippen molar-refractivity contribution in [2.75, 3.05) is 51.5 Å². The molecule has 0 spiro atoms. The van der Waals surface area contributed by atoms with E-state index in [0.29, 0.717) is 30.3 Å². The molecule has 0 atom stereocenters. The molecule has 0 bridgehead atoms. The maximum atomic E-state index is 13.1. The Labute approximate surface area is 189 Å². The first kappa shape index (κ1) is 20.5. The van der Waals surface area contributed by atoms with Crippen LogP contribution in [0.2, 0.25) is 0 Å². The quantitative estimate of drug-likeness (QED) is 0.634. The standard InChI is InChI=1S/C24H24F3N3O3/c1-31-20-3-2-15-10-19-17-12-22-21(32-14-33-22)11-16(17)4-5-29(19)13-18(15)23(20)28-6-8-30(9-7-28)24(25,26)27/h2-3,10-12H,4-9,13-14H2,1H3. The fraction of sp³-hybridized carbons (Fsp3) is 0.417. The van der Waals surface area contributed by atoms with Gasteiger partial charge in [0.25, 0.3) is 0 Å². The number of anilines is 1. The van der Waals surface area contributed by atoms with E-state index < -0.39 is 6.30 Å². The summed E-state index contributed by atoms with van der Waals surface area (Å²) in [5.41, 5.74) is 6.60. The molecule has 0 amide bonds. The lowest BCUT2D eigenvalue weighted by Gasteiger charge is -2.41. The van der Waals surface area contributed by atoms with E-state index in [1.807, 2.05) is 17.0 Å². The van der Waals surface area contributed by atoms with Crippen molar-refractivity contribution in [1.29, 1.82) is 0 Å². The highest BCUT2D eigenvalue weighted by atomic mass is 19.4. The van der Waals surface area contributed by atoms with Crippen LogP contribution in [-0.2, 0) is 13.0 Å². The molecule has 1 saturated heterocycles. The summed E-state index contributed by atoms with van der Waals surface area (Å²) in [6, 6.07) is 8.09. The normalized spacial score (nSPS) is 19.6. The summed E-state index contributed by atoms with van der Waals surface area (Å²) in [5.74, 6) is 2.26. The Bertz CT molecular complexity index is 1140. The molecule has 33 heavy (non-hydrogen) atoms. The zero-order chi connectivity index (χ0) is 22.7. The average molecular weight is 459 g/mol. The molecule has 4 aliphatic heterocycles. The molecule has 2 aromatic carbocycles. The SMILES string of the molecule is COc1ccc2c(c1N1CCN(C(F)(F)F)CC1)CN1CCc3cc4c(cc3C1=C2)OCO4. The molecular weight excluding hydrogens is 435 g/mol. The van der Waals surface area contributed by atoms with Gasteiger partial charge in [-0.3, -0.25) is 0 Å². The molecule has 2 aromatic rings. The fourth-order valence-electron chi connectivity index (χ4n) is 5.27. The molecule has 0 N–H and O–H groups in total. The predicted molar refractivity (Wildman–Crippen MR) is 117 cm³/mol. The third-order valence-corrected chi connectivity index (χ3v) is 6.96. The second kappa shape index (κ2) is 7.48. The van der Waals surface area contributed by atoms with E-state index in [2.05, 4.69) is 23.1 Å². The number of benzene rings is 2. The largest absolute Gasteiger partial charge is 0.495 e. The van der Waals surface area contributed by atoms with E-state index in [9.17, 15) is 13.2 Å². The number of rotatable bonds is 2. The van der Waals surface area contributed by atoms with Gasteiger partial charge in [0.1, 0.15) is 5.75 Å². The molecule has 0 saturated carbocycles. The summed E-state index contributed by atoms with van der Waals surface area (Å²) < 4.78 is 56.2. The minimum absolute atomic E-state index is 0.0539. The molecule has 4 heterocycles. The van der Waals surface area contributed by atoms with Crippen molar-refractivity contribution in [2.24, 2.45) is 0 Å². The van der Waals surface area contributed by atoms with Crippen LogP contribution in [0.15, 0.2) is 24.3 Å². The molecular formula is C24H24F3N3O3. The summed E-state index contributed by atoms with van der Waals surface area (Å²) in [6.45, 7) is 2.28. The Kier molecular flexibility index (Phi) is 4.65. The van der Waals surface area contributed by atoms with Gasteiger partial charge >= 0.3 is 6.30 Å². The number of hydrogen-bond acceptors (Lipinski definition) is 6. The highest BCUT2D eigenvalue weighted by Crippen LogP contribution is 2.46. The van der Waals surface area contributed by atoms with Crippen LogP contribution in [0.4, 0.5) is 18.9 Å². The van der Waals surface area contributed by atoms with Crippen LogP contribution in [0, 0.1) is 0 Å². The maximum Gasteiger partial charge on any atom is 0.460 e. The van der Waals surface area contributed by atoms with Crippen molar-refractivity contribution < 1.29 is 27.4 Å². The van der Waals surface area contributed by atoms with Gasteiger partial charge < -0.3 is 24.0 Å². The van der Waals surface area contributed by atoms with E-state index in [4.69, 9.17) is 14.2 Å². The van der Waals surface area contributed by atoms with Crippen LogP contribution in [0.5, 0.6) is 17.2 Å². The Morgan fingerprint density at radius 2 is 1.70 bits per heavy atom. The van der Waals surface area contributed by atoms with Crippen LogP contribution in [-0.4, -0.2) is 62.7 Å². The molecule has 6 rings (SSSR count). The number of alkyl halides is 3. The van der Waals surface area contributed by atoms with Crippen LogP contribution >= 0.6 is 0 Å². The van der Waals surface area contributed by atoms with Crippen molar-refractivity contribution in [3.05, 3.63) is 46.5 Å². The van der Waals surface area contributed by atoms with Gasteiger partial charge in [-0.05, 0) is 41.8 Å². The lowest BCUT2D eigenvalue weighted by Crippen LogP contribution is -2.52. The van der Waals surface area contributed by atoms with Crippen LogP contribution in [0.25, 0.3) is 11.8 Å². The van der Waals surface area contributed by atoms with E-state index >= 15 is 0 Å². The number of ether oxygens (including phenoxy) is 3. The lowest BCUT2D eigenvalue weighted by atomic mass is 9.89. The lowest BCUT2D eigenvalue weighted by molar-refractivity contribution is -0.246. The van der Waals surface area contributed by atoms with E-state index in [1.54, 1.807) is 7.11 Å². The smallest absolute Gasteiger partial charge is 0.460 e. The third kappa shape index (κ3) is 3.37. The van der Waals surface area contributed by atoms with E-state index in [-0.39, 0.29) is 19.9 Å². The van der Waals surface area contributed by atoms with E-state index in [1.165, 1.54) is 5.56 Å². The molecule has 0 aliphatic carbocycles. The second-order valence-electron chi connectivity index (χ2n) is 8.69. The number of nitrogens with zero attached hydrogens (tertiary/aromatic N) is 3. The minimum atomic E-state index is -4.29. The van der Waals surface area contributed by atoms with Gasteiger partial charge in [0.2, 0.25) is 6.79 Å². The van der Waals surface area contributed by atoms with Gasteiger partial charge in [0, 0.05) is 56.1 Å². The molecule has 1 fully saturated rings. The molecule has 0 unspecified atom stereocenters. The molecule has 0 aromatic heterocycles. The van der Waals surface area contributed by atoms with E-state index in [0.717, 1.165) is 52.5 Å². The zero-order valence-electron chi connectivity index (χ0n) is 18.2. The third-order valence-electron chi connectivity index (χ3n) is 6.96. The zero-order valence-corrected chi connectivity index (χ0v) is 18.2. The van der Waals surface area contributed by atoms with Crippen molar-refractivity contribution in [2.45, 2.75) is 19.3 Å². The first-order valence-electron chi connectivity index (χ1n) is 11.1. The monoisotopic (exact) mass is 459 g/mol. The van der Waals surface area contributed by atoms with Crippen molar-refractivity contribution in [1.82, 2.24) is 9.80 Å². The second-order valence-corrected chi connectivity index (χ2v) is 8.69. The Morgan fingerprint density at radius 1 is 0.939 bits per heavy atom. The first-order chi connectivity index (χ1) is 15.9. The molecule has 174 valence electrons. The number of piperazine rings is 1. The summed E-state index contributed by atoms with van der Waals surface area (Å²) in [7, 11) is 1.61. The average Bonchev–Trinajstić information content (AvgIpc) is 3.27. The molecule has 6 nitrogen and oxygen atoms in total. The summed E-state index contributed by atoms with van der Waals surface area (Å²) in [5, 5.41) is 0. The van der Waals surface area contributed by atoms with Crippen LogP contribution < -0.4 is 19.1 Å². The minimum Gasteiger partial charge on any atom is -0.495 e.